The van der Waals surface area contributed by atoms with Crippen LogP contribution in [0.1, 0.15) is 0 Å². The molecule has 0 aliphatic rings. The number of fused-ring (bicyclic) bond motifs is 1. The van der Waals surface area contributed by atoms with Gasteiger partial charge < -0.3 is 5.11 Å². The van der Waals surface area contributed by atoms with Crippen LogP contribution in [0.3, 0.4) is 0 Å². The second kappa shape index (κ2) is 3.76. The molecule has 1 nitrogen and oxygen atoms in total. The van der Waals surface area contributed by atoms with Crippen molar-refractivity contribution in [3.8, 4) is 5.75 Å². The molecular formula is C10H8AgO. The minimum Gasteiger partial charge on any atom is -0.507 e. The van der Waals surface area contributed by atoms with E-state index >= 15 is 0 Å². The van der Waals surface area contributed by atoms with Gasteiger partial charge in [-0.05, 0) is 11.5 Å². The van der Waals surface area contributed by atoms with E-state index in [0.717, 1.165) is 10.8 Å². The SMILES string of the molecule is Oc1cccc2ccccc12.[Ag]. The third kappa shape index (κ3) is 1.53. The molecule has 0 bridgehead atoms. The fraction of sp³-hybridized carbons (Fsp3) is 0. The van der Waals surface area contributed by atoms with E-state index in [9.17, 15) is 5.11 Å². The van der Waals surface area contributed by atoms with E-state index in [4.69, 9.17) is 0 Å². The van der Waals surface area contributed by atoms with E-state index in [1.54, 1.807) is 6.07 Å². The Morgan fingerprint density at radius 2 is 1.50 bits per heavy atom. The standard InChI is InChI=1S/C10H8O.Ag/c11-10-7-3-5-8-4-1-2-6-9(8)10;/h1-7,11H;. The van der Waals surface area contributed by atoms with Gasteiger partial charge in [0.25, 0.3) is 0 Å². The Balaban J connectivity index is 0.000000720. The zero-order valence-electron chi connectivity index (χ0n) is 6.29. The Kier molecular flexibility index (Phi) is 2.93. The van der Waals surface area contributed by atoms with Gasteiger partial charge in [0, 0.05) is 27.8 Å². The third-order valence-electron chi connectivity index (χ3n) is 1.77. The maximum Gasteiger partial charge on any atom is 0.123 e. The average molecular weight is 252 g/mol. The van der Waals surface area contributed by atoms with Crippen molar-refractivity contribution in [2.24, 2.45) is 0 Å². The molecular weight excluding hydrogens is 244 g/mol. The van der Waals surface area contributed by atoms with E-state index in [0.29, 0.717) is 5.75 Å². The van der Waals surface area contributed by atoms with Crippen molar-refractivity contribution in [2.45, 2.75) is 0 Å². The largest absolute Gasteiger partial charge is 0.507 e. The summed E-state index contributed by atoms with van der Waals surface area (Å²) >= 11 is 0. The van der Waals surface area contributed by atoms with Gasteiger partial charge in [-0.1, -0.05) is 36.4 Å². The molecule has 1 N–H and O–H groups in total. The van der Waals surface area contributed by atoms with Crippen molar-refractivity contribution in [2.75, 3.05) is 0 Å². The fourth-order valence-corrected chi connectivity index (χ4v) is 1.21. The predicted molar refractivity (Wildman–Crippen MR) is 45.6 cm³/mol. The van der Waals surface area contributed by atoms with Gasteiger partial charge in [0.15, 0.2) is 0 Å². The molecule has 0 heterocycles. The fourth-order valence-electron chi connectivity index (χ4n) is 1.21. The third-order valence-corrected chi connectivity index (χ3v) is 1.77. The number of phenolic OH excluding ortho intramolecular Hbond substituents is 1. The van der Waals surface area contributed by atoms with Crippen molar-refractivity contribution >= 4 is 10.8 Å². The Bertz CT molecular complexity index is 379. The molecule has 0 fully saturated rings. The molecule has 2 aromatic carbocycles. The van der Waals surface area contributed by atoms with Gasteiger partial charge in [-0.2, -0.15) is 0 Å². The summed E-state index contributed by atoms with van der Waals surface area (Å²) in [5.74, 6) is 0.350. The Morgan fingerprint density at radius 1 is 0.833 bits per heavy atom. The van der Waals surface area contributed by atoms with Gasteiger partial charge in [0.05, 0.1) is 0 Å². The van der Waals surface area contributed by atoms with Crippen molar-refractivity contribution in [1.82, 2.24) is 0 Å². The molecule has 0 unspecified atom stereocenters. The normalized spacial score (nSPS) is 9.33. The van der Waals surface area contributed by atoms with Crippen LogP contribution in [0, 0.1) is 0 Å². The van der Waals surface area contributed by atoms with Crippen molar-refractivity contribution in [1.29, 1.82) is 0 Å². The summed E-state index contributed by atoms with van der Waals surface area (Å²) in [6, 6.07) is 13.3. The maximum absolute atomic E-state index is 9.37. The summed E-state index contributed by atoms with van der Waals surface area (Å²) in [4.78, 5) is 0. The topological polar surface area (TPSA) is 20.2 Å². The summed E-state index contributed by atoms with van der Waals surface area (Å²) in [5, 5.41) is 11.4. The molecule has 0 aromatic heterocycles. The minimum absolute atomic E-state index is 0. The van der Waals surface area contributed by atoms with Crippen LogP contribution in [-0.4, -0.2) is 5.11 Å². The first kappa shape index (κ1) is 9.33. The molecule has 65 valence electrons. The van der Waals surface area contributed by atoms with E-state index < -0.39 is 0 Å². The first-order chi connectivity index (χ1) is 5.38. The smallest absolute Gasteiger partial charge is 0.123 e. The van der Waals surface area contributed by atoms with Gasteiger partial charge in [-0.3, -0.25) is 0 Å². The first-order valence-electron chi connectivity index (χ1n) is 3.54. The second-order valence-electron chi connectivity index (χ2n) is 2.50. The maximum atomic E-state index is 9.37. The number of hydrogen-bond acceptors (Lipinski definition) is 1. The predicted octanol–water partition coefficient (Wildman–Crippen LogP) is 2.54. The zero-order valence-corrected chi connectivity index (χ0v) is 7.77. The average Bonchev–Trinajstić information content (AvgIpc) is 2.06. The minimum atomic E-state index is 0. The van der Waals surface area contributed by atoms with Crippen LogP contribution in [-0.2, 0) is 22.4 Å². The van der Waals surface area contributed by atoms with Gasteiger partial charge in [0.1, 0.15) is 5.75 Å². The quantitative estimate of drug-likeness (QED) is 0.714. The van der Waals surface area contributed by atoms with Crippen LogP contribution in [0.5, 0.6) is 5.75 Å². The molecule has 0 spiro atoms. The Labute approximate surface area is 86.5 Å². The van der Waals surface area contributed by atoms with Gasteiger partial charge in [-0.15, -0.1) is 0 Å². The number of hydrogen-bond donors (Lipinski definition) is 1. The van der Waals surface area contributed by atoms with Gasteiger partial charge >= 0.3 is 0 Å². The molecule has 1 radical (unpaired) electrons. The van der Waals surface area contributed by atoms with Gasteiger partial charge in [-0.25, -0.2) is 0 Å². The molecule has 2 heteroatoms. The van der Waals surface area contributed by atoms with Gasteiger partial charge in [0.2, 0.25) is 0 Å². The van der Waals surface area contributed by atoms with Crippen LogP contribution in [0.2, 0.25) is 0 Å². The summed E-state index contributed by atoms with van der Waals surface area (Å²) in [6.07, 6.45) is 0. The van der Waals surface area contributed by atoms with Crippen LogP contribution in [0.4, 0.5) is 0 Å². The molecule has 2 rings (SSSR count). The summed E-state index contributed by atoms with van der Waals surface area (Å²) in [6.45, 7) is 0. The van der Waals surface area contributed by atoms with E-state index in [-0.39, 0.29) is 22.4 Å². The summed E-state index contributed by atoms with van der Waals surface area (Å²) in [5.41, 5.74) is 0. The summed E-state index contributed by atoms with van der Waals surface area (Å²) in [7, 11) is 0. The molecule has 2 aromatic rings. The number of benzene rings is 2. The molecule has 0 saturated heterocycles. The first-order valence-corrected chi connectivity index (χ1v) is 3.54. The molecule has 0 saturated carbocycles. The van der Waals surface area contributed by atoms with Crippen LogP contribution in [0.25, 0.3) is 10.8 Å². The zero-order chi connectivity index (χ0) is 7.68. The van der Waals surface area contributed by atoms with E-state index in [2.05, 4.69) is 0 Å². The Hall–Kier alpha value is -0.760. The van der Waals surface area contributed by atoms with Crippen molar-refractivity contribution in [3.05, 3.63) is 42.5 Å². The van der Waals surface area contributed by atoms with Crippen LogP contribution >= 0.6 is 0 Å². The van der Waals surface area contributed by atoms with E-state index in [1.807, 2.05) is 36.4 Å². The second-order valence-corrected chi connectivity index (χ2v) is 2.50. The Morgan fingerprint density at radius 3 is 2.25 bits per heavy atom. The number of rotatable bonds is 0. The molecule has 0 amide bonds. The molecule has 0 atom stereocenters. The molecule has 12 heavy (non-hydrogen) atoms. The van der Waals surface area contributed by atoms with Crippen molar-refractivity contribution in [3.63, 3.8) is 0 Å². The number of phenols is 1. The van der Waals surface area contributed by atoms with E-state index in [1.165, 1.54) is 0 Å². The molecule has 0 aliphatic carbocycles. The van der Waals surface area contributed by atoms with Crippen LogP contribution < -0.4 is 0 Å². The number of aromatic hydroxyl groups is 1. The molecule has 0 aliphatic heterocycles. The van der Waals surface area contributed by atoms with Crippen molar-refractivity contribution < 1.29 is 27.5 Å². The van der Waals surface area contributed by atoms with Crippen LogP contribution in [0.15, 0.2) is 42.5 Å². The monoisotopic (exact) mass is 251 g/mol. The summed E-state index contributed by atoms with van der Waals surface area (Å²) < 4.78 is 0.